The van der Waals surface area contributed by atoms with Crippen LogP contribution >= 0.6 is 11.6 Å². The van der Waals surface area contributed by atoms with Crippen LogP contribution in [0.4, 0.5) is 0 Å². The van der Waals surface area contributed by atoms with Crippen LogP contribution < -0.4 is 5.32 Å². The Morgan fingerprint density at radius 3 is 2.94 bits per heavy atom. The van der Waals surface area contributed by atoms with Crippen LogP contribution in [-0.2, 0) is 20.1 Å². The van der Waals surface area contributed by atoms with Gasteiger partial charge in [-0.2, -0.15) is 5.10 Å². The van der Waals surface area contributed by atoms with Gasteiger partial charge in [0.2, 0.25) is 0 Å². The minimum Gasteiger partial charge on any atom is -0.307 e. The van der Waals surface area contributed by atoms with Crippen LogP contribution in [-0.4, -0.2) is 9.78 Å². The number of halogens is 1. The molecule has 0 unspecified atom stereocenters. The Bertz CT molecular complexity index is 545. The number of aromatic nitrogens is 2. The maximum absolute atomic E-state index is 6.20. The molecule has 1 N–H and O–H groups in total. The van der Waals surface area contributed by atoms with E-state index in [0.717, 1.165) is 29.4 Å². The number of benzene rings is 1. The minimum atomic E-state index is 0.760. The van der Waals surface area contributed by atoms with Gasteiger partial charge in [0.25, 0.3) is 0 Å². The van der Waals surface area contributed by atoms with Gasteiger partial charge in [-0.25, -0.2) is 0 Å². The molecule has 1 aromatic heterocycles. The predicted octanol–water partition coefficient (Wildman–Crippen LogP) is 2.34. The van der Waals surface area contributed by atoms with Gasteiger partial charge in [0.05, 0.1) is 16.4 Å². The Labute approximate surface area is 99.0 Å². The molecule has 16 heavy (non-hydrogen) atoms. The number of nitrogens with zero attached hydrogens (tertiary/aromatic N) is 2. The predicted molar refractivity (Wildman–Crippen MR) is 64.2 cm³/mol. The molecule has 1 aliphatic rings. The molecule has 2 heterocycles. The standard InChI is InChI=1S/C12H12ClN3/c1-16-11-7-14-6-9(11)12(15-16)8-4-2-3-5-10(8)13/h2-5,14H,6-7H2,1H3. The summed E-state index contributed by atoms with van der Waals surface area (Å²) in [7, 11) is 1.98. The number of hydrogen-bond acceptors (Lipinski definition) is 2. The lowest BCUT2D eigenvalue weighted by molar-refractivity contribution is 0.671. The third-order valence-corrected chi connectivity index (χ3v) is 3.33. The van der Waals surface area contributed by atoms with E-state index in [-0.39, 0.29) is 0 Å². The van der Waals surface area contributed by atoms with E-state index in [1.807, 2.05) is 36.0 Å². The molecule has 82 valence electrons. The molecule has 4 heteroatoms. The Morgan fingerprint density at radius 1 is 1.31 bits per heavy atom. The van der Waals surface area contributed by atoms with E-state index < -0.39 is 0 Å². The second-order valence-electron chi connectivity index (χ2n) is 3.98. The first kappa shape index (κ1) is 9.87. The summed E-state index contributed by atoms with van der Waals surface area (Å²) < 4.78 is 1.94. The van der Waals surface area contributed by atoms with Crippen molar-refractivity contribution in [3.63, 3.8) is 0 Å². The quantitative estimate of drug-likeness (QED) is 0.820. The number of aryl methyl sites for hydroxylation is 1. The summed E-state index contributed by atoms with van der Waals surface area (Å²) in [5, 5.41) is 8.65. The van der Waals surface area contributed by atoms with Gasteiger partial charge in [-0.3, -0.25) is 4.68 Å². The number of fused-ring (bicyclic) bond motifs is 1. The fraction of sp³-hybridized carbons (Fsp3) is 0.250. The topological polar surface area (TPSA) is 29.9 Å². The summed E-state index contributed by atoms with van der Waals surface area (Å²) >= 11 is 6.20. The van der Waals surface area contributed by atoms with Crippen molar-refractivity contribution in [3.05, 3.63) is 40.5 Å². The molecule has 0 saturated heterocycles. The van der Waals surface area contributed by atoms with E-state index in [9.17, 15) is 0 Å². The van der Waals surface area contributed by atoms with Gasteiger partial charge in [-0.05, 0) is 6.07 Å². The van der Waals surface area contributed by atoms with E-state index in [1.54, 1.807) is 0 Å². The fourth-order valence-corrected chi connectivity index (χ4v) is 2.41. The molecule has 1 aromatic carbocycles. The summed E-state index contributed by atoms with van der Waals surface area (Å²) in [6.07, 6.45) is 0. The minimum absolute atomic E-state index is 0.760. The lowest BCUT2D eigenvalue weighted by atomic mass is 10.1. The van der Waals surface area contributed by atoms with Crippen molar-refractivity contribution in [1.82, 2.24) is 15.1 Å². The van der Waals surface area contributed by atoms with Gasteiger partial charge in [0.1, 0.15) is 0 Å². The largest absolute Gasteiger partial charge is 0.307 e. The van der Waals surface area contributed by atoms with Crippen LogP contribution in [0.5, 0.6) is 0 Å². The molecule has 3 rings (SSSR count). The second-order valence-corrected chi connectivity index (χ2v) is 4.39. The third-order valence-electron chi connectivity index (χ3n) is 3.00. The zero-order valence-corrected chi connectivity index (χ0v) is 9.75. The van der Waals surface area contributed by atoms with Crippen molar-refractivity contribution >= 4 is 11.6 Å². The SMILES string of the molecule is Cn1nc(-c2ccccc2Cl)c2c1CNC2. The number of nitrogens with one attached hydrogen (secondary N) is 1. The smallest absolute Gasteiger partial charge is 0.0986 e. The molecule has 1 aliphatic heterocycles. The highest BCUT2D eigenvalue weighted by Gasteiger charge is 2.22. The maximum Gasteiger partial charge on any atom is 0.0986 e. The molecule has 0 spiro atoms. The van der Waals surface area contributed by atoms with E-state index in [1.165, 1.54) is 11.3 Å². The van der Waals surface area contributed by atoms with Gasteiger partial charge < -0.3 is 5.32 Å². The molecule has 2 aromatic rings. The second kappa shape index (κ2) is 3.61. The molecule has 0 bridgehead atoms. The van der Waals surface area contributed by atoms with Gasteiger partial charge >= 0.3 is 0 Å². The highest BCUT2D eigenvalue weighted by molar-refractivity contribution is 6.33. The van der Waals surface area contributed by atoms with Crippen LogP contribution in [0, 0.1) is 0 Å². The molecule has 0 saturated carbocycles. The molecule has 0 fully saturated rings. The average molecular weight is 234 g/mol. The highest BCUT2D eigenvalue weighted by atomic mass is 35.5. The van der Waals surface area contributed by atoms with E-state index >= 15 is 0 Å². The summed E-state index contributed by atoms with van der Waals surface area (Å²) in [5.41, 5.74) is 4.56. The van der Waals surface area contributed by atoms with E-state index in [4.69, 9.17) is 11.6 Å². The molecule has 0 amide bonds. The van der Waals surface area contributed by atoms with Crippen LogP contribution in [0.15, 0.2) is 24.3 Å². The van der Waals surface area contributed by atoms with Crippen LogP contribution in [0.2, 0.25) is 5.02 Å². The number of hydrogen-bond donors (Lipinski definition) is 1. The fourth-order valence-electron chi connectivity index (χ4n) is 2.19. The van der Waals surface area contributed by atoms with Crippen molar-refractivity contribution in [1.29, 1.82) is 0 Å². The Morgan fingerprint density at radius 2 is 2.12 bits per heavy atom. The highest BCUT2D eigenvalue weighted by Crippen LogP contribution is 2.32. The van der Waals surface area contributed by atoms with Crippen LogP contribution in [0.25, 0.3) is 11.3 Å². The van der Waals surface area contributed by atoms with Crippen molar-refractivity contribution in [2.75, 3.05) is 0 Å². The Balaban J connectivity index is 2.21. The summed E-state index contributed by atoms with van der Waals surface area (Å²) in [6, 6.07) is 7.85. The average Bonchev–Trinajstić information content (AvgIpc) is 2.84. The van der Waals surface area contributed by atoms with Crippen molar-refractivity contribution in [3.8, 4) is 11.3 Å². The van der Waals surface area contributed by atoms with Gasteiger partial charge in [0.15, 0.2) is 0 Å². The third kappa shape index (κ3) is 1.36. The molecule has 0 radical (unpaired) electrons. The van der Waals surface area contributed by atoms with Crippen molar-refractivity contribution in [2.45, 2.75) is 13.1 Å². The van der Waals surface area contributed by atoms with Crippen LogP contribution in [0.3, 0.4) is 0 Å². The monoisotopic (exact) mass is 233 g/mol. The van der Waals surface area contributed by atoms with Gasteiger partial charge in [-0.1, -0.05) is 29.8 Å². The number of rotatable bonds is 1. The molecule has 0 atom stereocenters. The van der Waals surface area contributed by atoms with Crippen molar-refractivity contribution in [2.24, 2.45) is 7.05 Å². The van der Waals surface area contributed by atoms with E-state index in [0.29, 0.717) is 0 Å². The summed E-state index contributed by atoms with van der Waals surface area (Å²) in [5.74, 6) is 0. The molecular formula is C12H12ClN3. The van der Waals surface area contributed by atoms with Gasteiger partial charge in [-0.15, -0.1) is 0 Å². The molecule has 0 aliphatic carbocycles. The lowest BCUT2D eigenvalue weighted by Crippen LogP contribution is -2.06. The normalized spacial score (nSPS) is 14.1. The first-order valence-electron chi connectivity index (χ1n) is 5.27. The zero-order valence-electron chi connectivity index (χ0n) is 9.00. The molecule has 3 nitrogen and oxygen atoms in total. The summed E-state index contributed by atoms with van der Waals surface area (Å²) in [6.45, 7) is 1.77. The maximum atomic E-state index is 6.20. The molecular weight excluding hydrogens is 222 g/mol. The first-order valence-corrected chi connectivity index (χ1v) is 5.65. The Kier molecular flexibility index (Phi) is 2.23. The summed E-state index contributed by atoms with van der Waals surface area (Å²) in [4.78, 5) is 0. The van der Waals surface area contributed by atoms with Crippen molar-refractivity contribution < 1.29 is 0 Å². The first-order chi connectivity index (χ1) is 7.77. The Hall–Kier alpha value is -1.32. The lowest BCUT2D eigenvalue weighted by Gasteiger charge is -2.02. The van der Waals surface area contributed by atoms with E-state index in [2.05, 4.69) is 10.4 Å². The van der Waals surface area contributed by atoms with Gasteiger partial charge in [0, 0.05) is 31.3 Å². The zero-order chi connectivity index (χ0) is 11.1. The van der Waals surface area contributed by atoms with Crippen LogP contribution in [0.1, 0.15) is 11.3 Å².